The molecule has 0 radical (unpaired) electrons. The van der Waals surface area contributed by atoms with Crippen LogP contribution in [0.3, 0.4) is 0 Å². The van der Waals surface area contributed by atoms with Gasteiger partial charge in [0.2, 0.25) is 0 Å². The van der Waals surface area contributed by atoms with Crippen LogP contribution < -0.4 is 5.32 Å². The summed E-state index contributed by atoms with van der Waals surface area (Å²) >= 11 is 3.63. The Morgan fingerprint density at radius 2 is 2.11 bits per heavy atom. The summed E-state index contributed by atoms with van der Waals surface area (Å²) in [5, 5.41) is 4.77. The van der Waals surface area contributed by atoms with Gasteiger partial charge in [0.1, 0.15) is 11.3 Å². The number of benzene rings is 1. The lowest BCUT2D eigenvalue weighted by atomic mass is 10.0. The molecule has 1 aliphatic carbocycles. The summed E-state index contributed by atoms with van der Waals surface area (Å²) in [6.45, 7) is 7.29. The van der Waals surface area contributed by atoms with Gasteiger partial charge in [-0.2, -0.15) is 0 Å². The average molecular weight is 322 g/mol. The maximum Gasteiger partial charge on any atom is 0.148 e. The van der Waals surface area contributed by atoms with Crippen LogP contribution in [0.2, 0.25) is 0 Å². The monoisotopic (exact) mass is 321 g/mol. The minimum atomic E-state index is 0.477. The van der Waals surface area contributed by atoms with Crippen LogP contribution >= 0.6 is 15.9 Å². The lowest BCUT2D eigenvalue weighted by Gasteiger charge is -2.07. The zero-order valence-electron chi connectivity index (χ0n) is 11.7. The van der Waals surface area contributed by atoms with E-state index in [1.54, 1.807) is 0 Å². The highest BCUT2D eigenvalue weighted by Crippen LogP contribution is 2.47. The van der Waals surface area contributed by atoms with Crippen molar-refractivity contribution in [3.8, 4) is 0 Å². The summed E-state index contributed by atoms with van der Waals surface area (Å²) in [4.78, 5) is 0. The molecule has 1 aromatic heterocycles. The van der Waals surface area contributed by atoms with Gasteiger partial charge in [0.15, 0.2) is 0 Å². The van der Waals surface area contributed by atoms with Crippen LogP contribution in [-0.4, -0.2) is 6.04 Å². The Morgan fingerprint density at radius 1 is 1.37 bits per heavy atom. The minimum absolute atomic E-state index is 0.477. The first-order chi connectivity index (χ1) is 9.06. The van der Waals surface area contributed by atoms with Crippen LogP contribution in [0, 0.1) is 6.92 Å². The molecule has 0 bridgehead atoms. The summed E-state index contributed by atoms with van der Waals surface area (Å²) < 4.78 is 7.20. The second-order valence-corrected chi connectivity index (χ2v) is 6.73. The first-order valence-corrected chi connectivity index (χ1v) is 7.80. The van der Waals surface area contributed by atoms with Gasteiger partial charge in [-0.05, 0) is 59.3 Å². The van der Waals surface area contributed by atoms with Crippen molar-refractivity contribution >= 4 is 26.9 Å². The molecule has 102 valence electrons. The predicted molar refractivity (Wildman–Crippen MR) is 82.6 cm³/mol. The van der Waals surface area contributed by atoms with Gasteiger partial charge in [-0.15, -0.1) is 0 Å². The van der Waals surface area contributed by atoms with Gasteiger partial charge in [0, 0.05) is 17.0 Å². The fourth-order valence-electron chi connectivity index (χ4n) is 2.61. The summed E-state index contributed by atoms with van der Waals surface area (Å²) in [6, 6.07) is 4.86. The van der Waals surface area contributed by atoms with Gasteiger partial charge in [-0.25, -0.2) is 0 Å². The molecule has 1 aromatic carbocycles. The van der Waals surface area contributed by atoms with E-state index in [1.165, 1.54) is 29.4 Å². The maximum atomic E-state index is 6.13. The van der Waals surface area contributed by atoms with E-state index in [2.05, 4.69) is 54.2 Å². The van der Waals surface area contributed by atoms with E-state index in [0.29, 0.717) is 12.0 Å². The SMILES string of the molecule is Cc1cc(Br)c2oc(CNC(C)C)c(C3CC3)c2c1. The van der Waals surface area contributed by atoms with Gasteiger partial charge < -0.3 is 9.73 Å². The molecule has 1 aliphatic rings. The number of aryl methyl sites for hydroxylation is 1. The van der Waals surface area contributed by atoms with E-state index in [-0.39, 0.29) is 0 Å². The second-order valence-electron chi connectivity index (χ2n) is 5.87. The molecule has 1 fully saturated rings. The van der Waals surface area contributed by atoms with Crippen molar-refractivity contribution < 1.29 is 4.42 Å². The third-order valence-electron chi connectivity index (χ3n) is 3.66. The first-order valence-electron chi connectivity index (χ1n) is 7.01. The molecule has 2 aromatic rings. The number of rotatable bonds is 4. The highest BCUT2D eigenvalue weighted by Gasteiger charge is 2.31. The molecule has 3 rings (SSSR count). The van der Waals surface area contributed by atoms with Crippen LogP contribution in [0.5, 0.6) is 0 Å². The number of halogens is 1. The van der Waals surface area contributed by atoms with E-state index in [9.17, 15) is 0 Å². The van der Waals surface area contributed by atoms with Crippen molar-refractivity contribution in [1.29, 1.82) is 0 Å². The molecule has 0 aliphatic heterocycles. The zero-order valence-corrected chi connectivity index (χ0v) is 13.3. The van der Waals surface area contributed by atoms with E-state index in [4.69, 9.17) is 4.42 Å². The average Bonchev–Trinajstić information content (AvgIpc) is 3.08. The van der Waals surface area contributed by atoms with Gasteiger partial charge >= 0.3 is 0 Å². The Labute approximate surface area is 122 Å². The lowest BCUT2D eigenvalue weighted by molar-refractivity contribution is 0.482. The van der Waals surface area contributed by atoms with Gasteiger partial charge in [0.05, 0.1) is 11.0 Å². The standard InChI is InChI=1S/C16H20BrNO/c1-9(2)18-8-14-15(11-4-5-11)12-6-10(3)7-13(17)16(12)19-14/h6-7,9,11,18H,4-5,8H2,1-3H3. The van der Waals surface area contributed by atoms with Gasteiger partial charge in [-0.1, -0.05) is 13.8 Å². The molecule has 0 saturated heterocycles. The molecule has 1 saturated carbocycles. The molecule has 1 heterocycles. The topological polar surface area (TPSA) is 25.2 Å². The Hall–Kier alpha value is -0.800. The summed E-state index contributed by atoms with van der Waals surface area (Å²) in [6.07, 6.45) is 2.60. The Balaban J connectivity index is 2.10. The van der Waals surface area contributed by atoms with Crippen LogP contribution in [0.1, 0.15) is 49.5 Å². The third-order valence-corrected chi connectivity index (χ3v) is 4.25. The molecular formula is C16H20BrNO. The third kappa shape index (κ3) is 2.59. The van der Waals surface area contributed by atoms with Crippen molar-refractivity contribution in [1.82, 2.24) is 5.32 Å². The molecule has 19 heavy (non-hydrogen) atoms. The highest BCUT2D eigenvalue weighted by molar-refractivity contribution is 9.10. The van der Waals surface area contributed by atoms with Crippen molar-refractivity contribution in [2.24, 2.45) is 0 Å². The molecule has 0 spiro atoms. The fourth-order valence-corrected chi connectivity index (χ4v) is 3.26. The highest BCUT2D eigenvalue weighted by atomic mass is 79.9. The van der Waals surface area contributed by atoms with Crippen LogP contribution in [-0.2, 0) is 6.54 Å². The number of fused-ring (bicyclic) bond motifs is 1. The number of furan rings is 1. The normalized spacial score (nSPS) is 15.6. The zero-order chi connectivity index (χ0) is 13.6. The van der Waals surface area contributed by atoms with Crippen LogP contribution in [0.4, 0.5) is 0 Å². The molecule has 1 N–H and O–H groups in total. The van der Waals surface area contributed by atoms with E-state index in [1.807, 2.05) is 0 Å². The molecule has 0 atom stereocenters. The summed E-state index contributed by atoms with van der Waals surface area (Å²) in [5.74, 6) is 1.83. The second kappa shape index (κ2) is 4.95. The lowest BCUT2D eigenvalue weighted by Crippen LogP contribution is -2.22. The van der Waals surface area contributed by atoms with E-state index < -0.39 is 0 Å². The fraction of sp³-hybridized carbons (Fsp3) is 0.500. The Kier molecular flexibility index (Phi) is 3.44. The predicted octanol–water partition coefficient (Wildman–Crippen LogP) is 4.88. The molecule has 0 unspecified atom stereocenters. The van der Waals surface area contributed by atoms with Crippen molar-refractivity contribution in [2.45, 2.75) is 52.1 Å². The van der Waals surface area contributed by atoms with Gasteiger partial charge in [0.25, 0.3) is 0 Å². The molecule has 3 heteroatoms. The number of nitrogens with one attached hydrogen (secondary N) is 1. The minimum Gasteiger partial charge on any atom is -0.458 e. The largest absolute Gasteiger partial charge is 0.458 e. The Morgan fingerprint density at radius 3 is 2.74 bits per heavy atom. The molecular weight excluding hydrogens is 302 g/mol. The quantitative estimate of drug-likeness (QED) is 0.868. The van der Waals surface area contributed by atoms with Gasteiger partial charge in [-0.3, -0.25) is 0 Å². The van der Waals surface area contributed by atoms with E-state index in [0.717, 1.165) is 22.4 Å². The Bertz CT molecular complexity index is 611. The summed E-state index contributed by atoms with van der Waals surface area (Å²) in [5.41, 5.74) is 3.73. The van der Waals surface area contributed by atoms with E-state index >= 15 is 0 Å². The smallest absolute Gasteiger partial charge is 0.148 e. The maximum absolute atomic E-state index is 6.13. The number of hydrogen-bond acceptors (Lipinski definition) is 2. The van der Waals surface area contributed by atoms with Crippen molar-refractivity contribution in [2.75, 3.05) is 0 Å². The molecule has 0 amide bonds. The molecule has 2 nitrogen and oxygen atoms in total. The van der Waals surface area contributed by atoms with Crippen LogP contribution in [0.25, 0.3) is 11.0 Å². The van der Waals surface area contributed by atoms with Crippen molar-refractivity contribution in [3.63, 3.8) is 0 Å². The summed E-state index contributed by atoms with van der Waals surface area (Å²) in [7, 11) is 0. The first kappa shape index (κ1) is 13.2. The number of hydrogen-bond donors (Lipinski definition) is 1. The van der Waals surface area contributed by atoms with Crippen molar-refractivity contribution in [3.05, 3.63) is 33.5 Å². The van der Waals surface area contributed by atoms with Crippen LogP contribution in [0.15, 0.2) is 21.0 Å².